The third-order valence-corrected chi connectivity index (χ3v) is 8.57. The van der Waals surface area contributed by atoms with Crippen molar-refractivity contribution in [3.63, 3.8) is 0 Å². The lowest BCUT2D eigenvalue weighted by atomic mass is 10.0. The van der Waals surface area contributed by atoms with E-state index in [0.717, 1.165) is 40.7 Å². The second-order valence-electron chi connectivity index (χ2n) is 8.22. The first-order valence-corrected chi connectivity index (χ1v) is 13.0. The average Bonchev–Trinajstić information content (AvgIpc) is 3.43. The largest absolute Gasteiger partial charge is 0.488 e. The number of alkyl halides is 3. The fraction of sp³-hybridized carbons (Fsp3) is 0.292. The first-order valence-electron chi connectivity index (χ1n) is 10.7. The van der Waals surface area contributed by atoms with Crippen molar-refractivity contribution in [3.05, 3.63) is 65.7 Å². The molecule has 1 saturated heterocycles. The van der Waals surface area contributed by atoms with Gasteiger partial charge in [-0.3, -0.25) is 4.72 Å². The fourth-order valence-corrected chi connectivity index (χ4v) is 6.32. The van der Waals surface area contributed by atoms with Crippen LogP contribution in [-0.2, 0) is 22.6 Å². The molecule has 1 N–H and O–H groups in total. The number of nitriles is 1. The Balaban J connectivity index is 1.60. The molecular formula is C24H22F3N3O3S2. The normalized spacial score (nSPS) is 16.7. The van der Waals surface area contributed by atoms with Gasteiger partial charge in [0.2, 0.25) is 0 Å². The number of halogens is 3. The maximum atomic E-state index is 13.5. The Morgan fingerprint density at radius 1 is 1.20 bits per heavy atom. The Bertz CT molecular complexity index is 1360. The van der Waals surface area contributed by atoms with Gasteiger partial charge >= 0.3 is 6.18 Å². The molecule has 1 atom stereocenters. The standard InChI is InChI=1S/C24H22F3N3O3S2/c1-30-13-11-18(15-30)33-21-14-17(6-7-20(21)24(25,26)27)29-35(31,32)23-9-8-22(34-23)19-5-3-2-4-16(19)10-12-28/h2-9,14,18,29H,10-11,13,15H2,1H3/t18-/m1/s1. The van der Waals surface area contributed by atoms with Gasteiger partial charge in [-0.1, -0.05) is 24.3 Å². The zero-order valence-electron chi connectivity index (χ0n) is 18.7. The summed E-state index contributed by atoms with van der Waals surface area (Å²) < 4.78 is 74.6. The van der Waals surface area contributed by atoms with Gasteiger partial charge in [-0.05, 0) is 48.9 Å². The quantitative estimate of drug-likeness (QED) is 0.451. The van der Waals surface area contributed by atoms with Gasteiger partial charge in [0.15, 0.2) is 0 Å². The Hall–Kier alpha value is -3.07. The SMILES string of the molecule is CN1CC[C@@H](Oc2cc(NS(=O)(=O)c3ccc(-c4ccccc4CC#N)s3)ccc2C(F)(F)F)C1. The van der Waals surface area contributed by atoms with Gasteiger partial charge in [0, 0.05) is 24.0 Å². The minimum Gasteiger partial charge on any atom is -0.488 e. The second kappa shape index (κ2) is 9.89. The minimum atomic E-state index is -4.64. The molecule has 1 fully saturated rings. The van der Waals surface area contributed by atoms with Gasteiger partial charge in [-0.2, -0.15) is 18.4 Å². The molecule has 0 aliphatic carbocycles. The topological polar surface area (TPSA) is 82.4 Å². The van der Waals surface area contributed by atoms with E-state index in [1.165, 1.54) is 6.07 Å². The third-order valence-electron chi connectivity index (χ3n) is 5.58. The first kappa shape index (κ1) is 25.0. The number of ether oxygens (including phenoxy) is 1. The molecule has 1 aliphatic rings. The lowest BCUT2D eigenvalue weighted by Gasteiger charge is -2.19. The zero-order chi connectivity index (χ0) is 25.2. The number of sulfonamides is 1. The average molecular weight is 522 g/mol. The number of thiophene rings is 1. The van der Waals surface area contributed by atoms with Crippen LogP contribution in [0.1, 0.15) is 17.5 Å². The van der Waals surface area contributed by atoms with Crippen molar-refractivity contribution < 1.29 is 26.3 Å². The molecule has 2 heterocycles. The second-order valence-corrected chi connectivity index (χ2v) is 11.2. The summed E-state index contributed by atoms with van der Waals surface area (Å²) >= 11 is 1.01. The molecule has 0 unspecified atom stereocenters. The van der Waals surface area contributed by atoms with Gasteiger partial charge in [-0.15, -0.1) is 11.3 Å². The van der Waals surface area contributed by atoms with Crippen LogP contribution < -0.4 is 9.46 Å². The van der Waals surface area contributed by atoms with Crippen LogP contribution in [0.3, 0.4) is 0 Å². The van der Waals surface area contributed by atoms with E-state index in [4.69, 9.17) is 10.00 Å². The third kappa shape index (κ3) is 5.78. The van der Waals surface area contributed by atoms with E-state index in [1.54, 1.807) is 24.3 Å². The zero-order valence-corrected chi connectivity index (χ0v) is 20.3. The van der Waals surface area contributed by atoms with E-state index < -0.39 is 33.6 Å². The predicted octanol–water partition coefficient (Wildman–Crippen LogP) is 5.38. The first-order chi connectivity index (χ1) is 16.6. The number of anilines is 1. The lowest BCUT2D eigenvalue weighted by Crippen LogP contribution is -2.23. The maximum Gasteiger partial charge on any atom is 0.419 e. The van der Waals surface area contributed by atoms with Crippen LogP contribution in [0.25, 0.3) is 10.4 Å². The van der Waals surface area contributed by atoms with E-state index in [-0.39, 0.29) is 16.3 Å². The molecule has 0 spiro atoms. The molecule has 0 bridgehead atoms. The molecule has 0 saturated carbocycles. The Morgan fingerprint density at radius 3 is 2.66 bits per heavy atom. The van der Waals surface area contributed by atoms with Gasteiger partial charge in [0.1, 0.15) is 16.1 Å². The van der Waals surface area contributed by atoms with Crippen LogP contribution in [0, 0.1) is 11.3 Å². The van der Waals surface area contributed by atoms with Crippen molar-refractivity contribution in [2.75, 3.05) is 24.9 Å². The van der Waals surface area contributed by atoms with Crippen LogP contribution in [-0.4, -0.2) is 39.6 Å². The van der Waals surface area contributed by atoms with Gasteiger partial charge in [0.25, 0.3) is 10.0 Å². The van der Waals surface area contributed by atoms with E-state index in [1.807, 2.05) is 18.0 Å². The van der Waals surface area contributed by atoms with Gasteiger partial charge < -0.3 is 9.64 Å². The van der Waals surface area contributed by atoms with Crippen molar-refractivity contribution in [2.45, 2.75) is 29.3 Å². The fourth-order valence-electron chi connectivity index (χ4n) is 3.90. The molecule has 6 nitrogen and oxygen atoms in total. The number of nitrogens with one attached hydrogen (secondary N) is 1. The van der Waals surface area contributed by atoms with E-state index >= 15 is 0 Å². The summed E-state index contributed by atoms with van der Waals surface area (Å²) in [6.07, 6.45) is -4.30. The molecule has 1 aromatic heterocycles. The number of hydrogen-bond donors (Lipinski definition) is 1. The summed E-state index contributed by atoms with van der Waals surface area (Å²) in [6.45, 7) is 1.19. The molecular weight excluding hydrogens is 499 g/mol. The summed E-state index contributed by atoms with van der Waals surface area (Å²) in [4.78, 5) is 2.62. The minimum absolute atomic E-state index is 0.000885. The highest BCUT2D eigenvalue weighted by Gasteiger charge is 2.36. The molecule has 184 valence electrons. The highest BCUT2D eigenvalue weighted by Crippen LogP contribution is 2.39. The number of rotatable bonds is 7. The van der Waals surface area contributed by atoms with Crippen LogP contribution in [0.5, 0.6) is 5.75 Å². The molecule has 4 rings (SSSR count). The number of hydrogen-bond acceptors (Lipinski definition) is 6. The molecule has 11 heteroatoms. The summed E-state index contributed by atoms with van der Waals surface area (Å²) in [6, 6.07) is 15.4. The van der Waals surface area contributed by atoms with E-state index in [0.29, 0.717) is 24.4 Å². The Labute approximate surface area is 205 Å². The molecule has 35 heavy (non-hydrogen) atoms. The summed E-state index contributed by atoms with van der Waals surface area (Å²) in [5.74, 6) is -0.407. The monoisotopic (exact) mass is 521 g/mol. The van der Waals surface area contributed by atoms with Gasteiger partial charge in [-0.25, -0.2) is 8.42 Å². The van der Waals surface area contributed by atoms with Crippen LogP contribution in [0.4, 0.5) is 18.9 Å². The molecule has 0 amide bonds. The number of likely N-dealkylation sites (N-methyl/N-ethyl adjacent to an activating group) is 1. The van der Waals surface area contributed by atoms with Crippen molar-refractivity contribution in [3.8, 4) is 22.3 Å². The van der Waals surface area contributed by atoms with E-state index in [2.05, 4.69) is 10.8 Å². The molecule has 0 radical (unpaired) electrons. The smallest absolute Gasteiger partial charge is 0.419 e. The molecule has 1 aliphatic heterocycles. The lowest BCUT2D eigenvalue weighted by molar-refractivity contribution is -0.139. The molecule has 2 aromatic carbocycles. The Morgan fingerprint density at radius 2 is 1.97 bits per heavy atom. The van der Waals surface area contributed by atoms with Crippen LogP contribution in [0.15, 0.2) is 58.8 Å². The van der Waals surface area contributed by atoms with Crippen LogP contribution in [0.2, 0.25) is 0 Å². The van der Waals surface area contributed by atoms with Crippen molar-refractivity contribution in [2.24, 2.45) is 0 Å². The van der Waals surface area contributed by atoms with Crippen molar-refractivity contribution in [1.29, 1.82) is 5.26 Å². The highest BCUT2D eigenvalue weighted by atomic mass is 32.2. The molecule has 3 aromatic rings. The maximum absolute atomic E-state index is 13.5. The van der Waals surface area contributed by atoms with Crippen molar-refractivity contribution >= 4 is 27.0 Å². The van der Waals surface area contributed by atoms with Crippen molar-refractivity contribution in [1.82, 2.24) is 4.90 Å². The number of likely N-dealkylation sites (tertiary alicyclic amines) is 1. The predicted molar refractivity (Wildman–Crippen MR) is 128 cm³/mol. The highest BCUT2D eigenvalue weighted by molar-refractivity contribution is 7.94. The summed E-state index contributed by atoms with van der Waals surface area (Å²) in [7, 11) is -2.21. The summed E-state index contributed by atoms with van der Waals surface area (Å²) in [5, 5.41) is 9.05. The van der Waals surface area contributed by atoms with Gasteiger partial charge in [0.05, 0.1) is 23.7 Å². The Kier molecular flexibility index (Phi) is 7.07. The van der Waals surface area contributed by atoms with E-state index in [9.17, 15) is 21.6 Å². The number of benzene rings is 2. The summed E-state index contributed by atoms with van der Waals surface area (Å²) in [5.41, 5.74) is 0.546. The number of nitrogens with zero attached hydrogens (tertiary/aromatic N) is 2. The van der Waals surface area contributed by atoms with Crippen LogP contribution >= 0.6 is 11.3 Å².